The number of benzene rings is 1. The molecular formula is C13H13N3O4S. The van der Waals surface area contributed by atoms with Crippen molar-refractivity contribution in [2.45, 2.75) is 0 Å². The number of carbonyl (C=O) groups is 3. The van der Waals surface area contributed by atoms with Crippen molar-refractivity contribution in [1.82, 2.24) is 4.90 Å². The highest BCUT2D eigenvalue weighted by Gasteiger charge is 2.28. The van der Waals surface area contributed by atoms with Crippen LogP contribution in [0.3, 0.4) is 0 Å². The normalized spacial score (nSPS) is 15.0. The minimum absolute atomic E-state index is 0.198. The quantitative estimate of drug-likeness (QED) is 0.582. The van der Waals surface area contributed by atoms with Gasteiger partial charge in [0.25, 0.3) is 11.8 Å². The summed E-state index contributed by atoms with van der Waals surface area (Å²) in [5, 5.41) is 2.58. The Morgan fingerprint density at radius 2 is 2.00 bits per heavy atom. The first kappa shape index (κ1) is 15.1. The second-order valence-electron chi connectivity index (χ2n) is 4.36. The van der Waals surface area contributed by atoms with Crippen molar-refractivity contribution in [1.29, 1.82) is 0 Å². The second kappa shape index (κ2) is 6.42. The summed E-state index contributed by atoms with van der Waals surface area (Å²) in [5.74, 6) is -1.55. The van der Waals surface area contributed by atoms with Crippen molar-refractivity contribution >= 4 is 40.6 Å². The smallest absolute Gasteiger partial charge is 0.255 e. The van der Waals surface area contributed by atoms with E-state index in [0.29, 0.717) is 11.3 Å². The van der Waals surface area contributed by atoms with E-state index in [4.69, 9.17) is 22.7 Å². The van der Waals surface area contributed by atoms with E-state index in [0.717, 1.165) is 4.90 Å². The van der Waals surface area contributed by atoms with Crippen LogP contribution in [0.25, 0.3) is 0 Å². The van der Waals surface area contributed by atoms with Crippen LogP contribution in [0.15, 0.2) is 24.3 Å². The van der Waals surface area contributed by atoms with Gasteiger partial charge in [0.1, 0.15) is 24.7 Å². The first-order chi connectivity index (χ1) is 9.97. The van der Waals surface area contributed by atoms with Crippen LogP contribution in [-0.4, -0.2) is 47.4 Å². The maximum absolute atomic E-state index is 11.9. The molecule has 8 heteroatoms. The molecule has 2 rings (SSSR count). The van der Waals surface area contributed by atoms with Gasteiger partial charge in [-0.2, -0.15) is 0 Å². The van der Waals surface area contributed by atoms with E-state index < -0.39 is 17.7 Å². The van der Waals surface area contributed by atoms with E-state index in [1.165, 1.54) is 0 Å². The number of hydrogen-bond donors (Lipinski definition) is 2. The van der Waals surface area contributed by atoms with E-state index in [1.54, 1.807) is 24.3 Å². The van der Waals surface area contributed by atoms with Crippen LogP contribution in [0.4, 0.5) is 5.69 Å². The van der Waals surface area contributed by atoms with Gasteiger partial charge in [-0.1, -0.05) is 24.4 Å². The van der Waals surface area contributed by atoms with Gasteiger partial charge in [-0.3, -0.25) is 19.3 Å². The fourth-order valence-electron chi connectivity index (χ4n) is 1.79. The summed E-state index contributed by atoms with van der Waals surface area (Å²) < 4.78 is 4.77. The molecule has 0 atom stereocenters. The number of rotatable bonds is 4. The van der Waals surface area contributed by atoms with Gasteiger partial charge in [0.2, 0.25) is 5.91 Å². The van der Waals surface area contributed by atoms with Gasteiger partial charge < -0.3 is 15.8 Å². The van der Waals surface area contributed by atoms with Gasteiger partial charge in [-0.15, -0.1) is 0 Å². The van der Waals surface area contributed by atoms with Crippen molar-refractivity contribution in [3.05, 3.63) is 29.8 Å². The molecule has 0 radical (unpaired) electrons. The molecule has 110 valence electrons. The first-order valence-corrected chi connectivity index (χ1v) is 6.49. The monoisotopic (exact) mass is 307 g/mol. The van der Waals surface area contributed by atoms with Gasteiger partial charge >= 0.3 is 0 Å². The number of nitrogens with zero attached hydrogens (tertiary/aromatic N) is 1. The van der Waals surface area contributed by atoms with Gasteiger partial charge in [-0.05, 0) is 12.1 Å². The molecule has 1 saturated heterocycles. The Morgan fingerprint density at radius 3 is 2.62 bits per heavy atom. The molecule has 7 nitrogen and oxygen atoms in total. The number of imide groups is 1. The maximum atomic E-state index is 11.9. The van der Waals surface area contributed by atoms with Crippen LogP contribution >= 0.6 is 12.2 Å². The molecule has 1 aromatic rings. The lowest BCUT2D eigenvalue weighted by Crippen LogP contribution is -2.49. The third-order valence-electron chi connectivity index (χ3n) is 2.79. The Labute approximate surface area is 126 Å². The Morgan fingerprint density at radius 1 is 1.33 bits per heavy atom. The molecule has 0 spiro atoms. The van der Waals surface area contributed by atoms with E-state index in [2.05, 4.69) is 5.32 Å². The molecule has 1 fully saturated rings. The highest BCUT2D eigenvalue weighted by atomic mass is 32.1. The number of hydrogen-bond acceptors (Lipinski definition) is 5. The summed E-state index contributed by atoms with van der Waals surface area (Å²) in [5.41, 5.74) is 6.60. The van der Waals surface area contributed by atoms with Gasteiger partial charge in [0, 0.05) is 11.3 Å². The van der Waals surface area contributed by atoms with Crippen LogP contribution in [0.2, 0.25) is 0 Å². The largest absolute Gasteiger partial charge is 0.389 e. The van der Waals surface area contributed by atoms with E-state index in [9.17, 15) is 14.4 Å². The van der Waals surface area contributed by atoms with Gasteiger partial charge in [0.15, 0.2) is 0 Å². The molecule has 1 heterocycles. The Balaban J connectivity index is 2.01. The number of thiocarbonyl (C=S) groups is 1. The molecule has 1 aromatic carbocycles. The lowest BCUT2D eigenvalue weighted by Gasteiger charge is -2.24. The zero-order valence-electron chi connectivity index (χ0n) is 11.0. The summed E-state index contributed by atoms with van der Waals surface area (Å²) in [6.07, 6.45) is 0. The third-order valence-corrected chi connectivity index (χ3v) is 3.02. The summed E-state index contributed by atoms with van der Waals surface area (Å²) >= 11 is 4.85. The maximum Gasteiger partial charge on any atom is 0.255 e. The van der Waals surface area contributed by atoms with Crippen LogP contribution in [0, 0.1) is 0 Å². The number of anilines is 1. The van der Waals surface area contributed by atoms with E-state index >= 15 is 0 Å². The molecular weight excluding hydrogens is 294 g/mol. The number of carbonyl (C=O) groups excluding carboxylic acids is 3. The Kier molecular flexibility index (Phi) is 4.61. The van der Waals surface area contributed by atoms with Crippen molar-refractivity contribution in [3.63, 3.8) is 0 Å². The Hall–Kier alpha value is -2.32. The standard InChI is InChI=1S/C13H13N3O4S/c14-13(21)8-2-1-3-9(4-8)15-10(17)5-16-11(18)6-20-7-12(16)19/h1-4H,5-7H2,(H2,14,21)(H,15,17). The molecule has 0 aliphatic carbocycles. The zero-order chi connectivity index (χ0) is 15.4. The van der Waals surface area contributed by atoms with Crippen LogP contribution in [0.5, 0.6) is 0 Å². The molecule has 3 N–H and O–H groups in total. The lowest BCUT2D eigenvalue weighted by atomic mass is 10.2. The highest BCUT2D eigenvalue weighted by molar-refractivity contribution is 7.80. The molecule has 0 bridgehead atoms. The molecule has 1 aliphatic heterocycles. The topological polar surface area (TPSA) is 102 Å². The van der Waals surface area contributed by atoms with Crippen LogP contribution in [-0.2, 0) is 19.1 Å². The number of morpholine rings is 1. The third kappa shape index (κ3) is 3.83. The molecule has 1 aliphatic rings. The van der Waals surface area contributed by atoms with E-state index in [-0.39, 0.29) is 24.7 Å². The SMILES string of the molecule is NC(=S)c1cccc(NC(=O)CN2C(=O)COCC2=O)c1. The zero-order valence-corrected chi connectivity index (χ0v) is 11.8. The minimum atomic E-state index is -0.529. The lowest BCUT2D eigenvalue weighted by molar-refractivity contribution is -0.159. The minimum Gasteiger partial charge on any atom is -0.389 e. The first-order valence-electron chi connectivity index (χ1n) is 6.08. The summed E-state index contributed by atoms with van der Waals surface area (Å²) in [4.78, 5) is 36.0. The number of nitrogens with one attached hydrogen (secondary N) is 1. The number of ether oxygens (including phenoxy) is 1. The predicted molar refractivity (Wildman–Crippen MR) is 78.5 cm³/mol. The van der Waals surface area contributed by atoms with E-state index in [1.807, 2.05) is 0 Å². The van der Waals surface area contributed by atoms with Crippen LogP contribution in [0.1, 0.15) is 5.56 Å². The molecule has 0 unspecified atom stereocenters. The molecule has 0 saturated carbocycles. The fraction of sp³-hybridized carbons (Fsp3) is 0.231. The van der Waals surface area contributed by atoms with Crippen molar-refractivity contribution in [2.24, 2.45) is 5.73 Å². The number of nitrogens with two attached hydrogens (primary N) is 1. The molecule has 21 heavy (non-hydrogen) atoms. The van der Waals surface area contributed by atoms with Gasteiger partial charge in [0.05, 0.1) is 0 Å². The highest BCUT2D eigenvalue weighted by Crippen LogP contribution is 2.11. The summed E-state index contributed by atoms with van der Waals surface area (Å²) in [6.45, 7) is -0.746. The predicted octanol–water partition coefficient (Wildman–Crippen LogP) is -0.355. The summed E-state index contributed by atoms with van der Waals surface area (Å²) in [6, 6.07) is 6.67. The summed E-state index contributed by atoms with van der Waals surface area (Å²) in [7, 11) is 0. The van der Waals surface area contributed by atoms with Crippen molar-refractivity contribution in [3.8, 4) is 0 Å². The average molecular weight is 307 g/mol. The van der Waals surface area contributed by atoms with Gasteiger partial charge in [-0.25, -0.2) is 0 Å². The fourth-order valence-corrected chi connectivity index (χ4v) is 1.92. The molecule has 0 aromatic heterocycles. The van der Waals surface area contributed by atoms with Crippen LogP contribution < -0.4 is 11.1 Å². The number of amides is 3. The average Bonchev–Trinajstić information content (AvgIpc) is 2.43. The Bertz CT molecular complexity index is 601. The molecule has 3 amide bonds. The van der Waals surface area contributed by atoms with Crippen molar-refractivity contribution < 1.29 is 19.1 Å². The van der Waals surface area contributed by atoms with Crippen molar-refractivity contribution in [2.75, 3.05) is 25.1 Å². The second-order valence-corrected chi connectivity index (χ2v) is 4.80.